The van der Waals surface area contributed by atoms with Crippen LogP contribution >= 0.6 is 0 Å². The highest BCUT2D eigenvalue weighted by atomic mass is 16.2. The monoisotopic (exact) mass is 248 g/mol. The Morgan fingerprint density at radius 1 is 1.44 bits per heavy atom. The third-order valence-electron chi connectivity index (χ3n) is 3.14. The molecule has 2 N–H and O–H groups in total. The molecule has 1 aliphatic heterocycles. The molecule has 2 rings (SSSR count). The number of hydrogen-bond donors (Lipinski definition) is 2. The van der Waals surface area contributed by atoms with Gasteiger partial charge in [-0.2, -0.15) is 0 Å². The van der Waals surface area contributed by atoms with E-state index in [4.69, 9.17) is 0 Å². The van der Waals surface area contributed by atoms with Crippen molar-refractivity contribution in [1.29, 1.82) is 0 Å². The van der Waals surface area contributed by atoms with Gasteiger partial charge in [-0.1, -0.05) is 6.42 Å². The summed E-state index contributed by atoms with van der Waals surface area (Å²) in [4.78, 5) is 18.2. The predicted octanol–water partition coefficient (Wildman–Crippen LogP) is 1.23. The van der Waals surface area contributed by atoms with Crippen molar-refractivity contribution >= 4 is 17.4 Å². The van der Waals surface area contributed by atoms with Gasteiger partial charge >= 0.3 is 0 Å². The summed E-state index contributed by atoms with van der Waals surface area (Å²) in [7, 11) is 3.92. The lowest BCUT2D eigenvalue weighted by atomic mass is 10.0. The molecule has 0 aromatic carbocycles. The normalized spacial score (nSPS) is 19.3. The maximum absolute atomic E-state index is 12.0. The van der Waals surface area contributed by atoms with E-state index in [1.165, 1.54) is 0 Å². The van der Waals surface area contributed by atoms with Gasteiger partial charge < -0.3 is 15.5 Å². The minimum Gasteiger partial charge on any atom is -0.376 e. The van der Waals surface area contributed by atoms with Crippen molar-refractivity contribution < 1.29 is 4.79 Å². The Labute approximate surface area is 108 Å². The molecule has 1 aromatic rings. The molecule has 2 heterocycles. The second-order valence-electron chi connectivity index (χ2n) is 4.79. The van der Waals surface area contributed by atoms with Gasteiger partial charge in [0.05, 0.1) is 17.9 Å². The SMILES string of the molecule is CN(C)c1ccc(NC(=O)[C@H]2CCCCN2)nc1. The molecular weight excluding hydrogens is 228 g/mol. The molecule has 1 aromatic heterocycles. The van der Waals surface area contributed by atoms with Crippen LogP contribution in [0.2, 0.25) is 0 Å². The van der Waals surface area contributed by atoms with Gasteiger partial charge in [0, 0.05) is 14.1 Å². The summed E-state index contributed by atoms with van der Waals surface area (Å²) in [6.07, 6.45) is 4.92. The Kier molecular flexibility index (Phi) is 4.15. The maximum Gasteiger partial charge on any atom is 0.242 e. The van der Waals surface area contributed by atoms with Gasteiger partial charge in [0.2, 0.25) is 5.91 Å². The minimum absolute atomic E-state index is 0.0137. The summed E-state index contributed by atoms with van der Waals surface area (Å²) in [6, 6.07) is 3.70. The Bertz CT molecular complexity index is 396. The van der Waals surface area contributed by atoms with Crippen LogP contribution in [0.1, 0.15) is 19.3 Å². The van der Waals surface area contributed by atoms with E-state index in [9.17, 15) is 4.79 Å². The van der Waals surface area contributed by atoms with Crippen molar-refractivity contribution in [1.82, 2.24) is 10.3 Å². The Hall–Kier alpha value is -1.62. The van der Waals surface area contributed by atoms with Crippen LogP contribution in [-0.4, -0.2) is 37.6 Å². The fourth-order valence-corrected chi connectivity index (χ4v) is 2.01. The van der Waals surface area contributed by atoms with Gasteiger partial charge in [0.1, 0.15) is 5.82 Å². The van der Waals surface area contributed by atoms with Gasteiger partial charge in [0.25, 0.3) is 0 Å². The van der Waals surface area contributed by atoms with E-state index >= 15 is 0 Å². The number of nitrogens with one attached hydrogen (secondary N) is 2. The second-order valence-corrected chi connectivity index (χ2v) is 4.79. The van der Waals surface area contributed by atoms with Crippen molar-refractivity contribution in [3.63, 3.8) is 0 Å². The number of nitrogens with zero attached hydrogens (tertiary/aromatic N) is 2. The van der Waals surface area contributed by atoms with E-state index < -0.39 is 0 Å². The van der Waals surface area contributed by atoms with E-state index in [0.29, 0.717) is 5.82 Å². The number of aromatic nitrogens is 1. The van der Waals surface area contributed by atoms with E-state index in [1.54, 1.807) is 6.20 Å². The molecule has 98 valence electrons. The molecule has 0 unspecified atom stereocenters. The van der Waals surface area contributed by atoms with E-state index in [1.807, 2.05) is 31.1 Å². The number of carbonyl (C=O) groups excluding carboxylic acids is 1. The summed E-state index contributed by atoms with van der Waals surface area (Å²) in [5.74, 6) is 0.623. The molecule has 5 heteroatoms. The maximum atomic E-state index is 12.0. The first-order valence-electron chi connectivity index (χ1n) is 6.34. The minimum atomic E-state index is -0.0749. The second kappa shape index (κ2) is 5.82. The number of rotatable bonds is 3. The molecule has 1 atom stereocenters. The number of anilines is 2. The lowest BCUT2D eigenvalue weighted by molar-refractivity contribution is -0.118. The van der Waals surface area contributed by atoms with Crippen molar-refractivity contribution in [3.05, 3.63) is 18.3 Å². The highest BCUT2D eigenvalue weighted by Gasteiger charge is 2.20. The van der Waals surface area contributed by atoms with Crippen LogP contribution in [0.15, 0.2) is 18.3 Å². The Balaban J connectivity index is 1.94. The van der Waals surface area contributed by atoms with E-state index in [-0.39, 0.29) is 11.9 Å². The smallest absolute Gasteiger partial charge is 0.242 e. The van der Waals surface area contributed by atoms with E-state index in [0.717, 1.165) is 31.5 Å². The predicted molar refractivity (Wildman–Crippen MR) is 72.8 cm³/mol. The molecule has 5 nitrogen and oxygen atoms in total. The molecule has 1 aliphatic rings. The summed E-state index contributed by atoms with van der Waals surface area (Å²) in [5, 5.41) is 6.07. The Morgan fingerprint density at radius 3 is 2.83 bits per heavy atom. The quantitative estimate of drug-likeness (QED) is 0.844. The summed E-state index contributed by atoms with van der Waals surface area (Å²) in [6.45, 7) is 0.922. The third kappa shape index (κ3) is 3.20. The fraction of sp³-hybridized carbons (Fsp3) is 0.538. The van der Waals surface area contributed by atoms with Crippen molar-refractivity contribution in [3.8, 4) is 0 Å². The number of carbonyl (C=O) groups is 1. The van der Waals surface area contributed by atoms with Gasteiger partial charge in [-0.3, -0.25) is 4.79 Å². The molecule has 0 saturated carbocycles. The van der Waals surface area contributed by atoms with Crippen LogP contribution in [0.3, 0.4) is 0 Å². The van der Waals surface area contributed by atoms with Crippen LogP contribution in [0, 0.1) is 0 Å². The van der Waals surface area contributed by atoms with Crippen LogP contribution < -0.4 is 15.5 Å². The molecule has 0 radical (unpaired) electrons. The molecule has 18 heavy (non-hydrogen) atoms. The zero-order chi connectivity index (χ0) is 13.0. The molecule has 0 bridgehead atoms. The van der Waals surface area contributed by atoms with Crippen LogP contribution in [0.5, 0.6) is 0 Å². The average molecular weight is 248 g/mol. The standard InChI is InChI=1S/C13H20N4O/c1-17(2)10-6-7-12(15-9-10)16-13(18)11-5-3-4-8-14-11/h6-7,9,11,14H,3-5,8H2,1-2H3,(H,15,16,18)/t11-/m1/s1. The molecule has 1 saturated heterocycles. The number of hydrogen-bond acceptors (Lipinski definition) is 4. The largest absolute Gasteiger partial charge is 0.376 e. The summed E-state index contributed by atoms with van der Waals surface area (Å²) >= 11 is 0. The number of piperidine rings is 1. The van der Waals surface area contributed by atoms with Crippen molar-refractivity contribution in [2.75, 3.05) is 30.9 Å². The lowest BCUT2D eigenvalue weighted by Gasteiger charge is -2.22. The zero-order valence-corrected chi connectivity index (χ0v) is 10.9. The molecule has 0 aliphatic carbocycles. The third-order valence-corrected chi connectivity index (χ3v) is 3.14. The average Bonchev–Trinajstić information content (AvgIpc) is 2.40. The van der Waals surface area contributed by atoms with Crippen LogP contribution in [-0.2, 0) is 4.79 Å². The van der Waals surface area contributed by atoms with Crippen LogP contribution in [0.25, 0.3) is 0 Å². The van der Waals surface area contributed by atoms with Crippen molar-refractivity contribution in [2.45, 2.75) is 25.3 Å². The lowest BCUT2D eigenvalue weighted by Crippen LogP contribution is -2.43. The number of amides is 1. The van der Waals surface area contributed by atoms with Crippen LogP contribution in [0.4, 0.5) is 11.5 Å². The van der Waals surface area contributed by atoms with Gasteiger partial charge in [-0.15, -0.1) is 0 Å². The highest BCUT2D eigenvalue weighted by Crippen LogP contribution is 2.13. The first-order valence-corrected chi connectivity index (χ1v) is 6.34. The number of pyridine rings is 1. The zero-order valence-electron chi connectivity index (χ0n) is 10.9. The summed E-state index contributed by atoms with van der Waals surface area (Å²) in [5.41, 5.74) is 1.02. The molecular formula is C13H20N4O. The first kappa shape index (κ1) is 12.8. The first-order chi connectivity index (χ1) is 8.66. The van der Waals surface area contributed by atoms with Gasteiger partial charge in [0.15, 0.2) is 0 Å². The van der Waals surface area contributed by atoms with E-state index in [2.05, 4.69) is 15.6 Å². The Morgan fingerprint density at radius 2 is 2.28 bits per heavy atom. The van der Waals surface area contributed by atoms with Gasteiger partial charge in [-0.25, -0.2) is 4.98 Å². The molecule has 0 spiro atoms. The molecule has 1 fully saturated rings. The molecule has 1 amide bonds. The topological polar surface area (TPSA) is 57.3 Å². The highest BCUT2D eigenvalue weighted by molar-refractivity contribution is 5.94. The fourth-order valence-electron chi connectivity index (χ4n) is 2.01. The van der Waals surface area contributed by atoms with Gasteiger partial charge in [-0.05, 0) is 31.5 Å². The van der Waals surface area contributed by atoms with Crippen molar-refractivity contribution in [2.24, 2.45) is 0 Å². The summed E-state index contributed by atoms with van der Waals surface area (Å²) < 4.78 is 0.